The number of hydrogen-bond acceptors (Lipinski definition) is 2. The van der Waals surface area contributed by atoms with Crippen LogP contribution in [-0.2, 0) is 0 Å². The Morgan fingerprint density at radius 3 is 1.90 bits per heavy atom. The first kappa shape index (κ1) is 25.7. The van der Waals surface area contributed by atoms with Crippen LogP contribution >= 0.6 is 0 Å². The van der Waals surface area contributed by atoms with E-state index < -0.39 is 0 Å². The molecule has 0 spiro atoms. The van der Waals surface area contributed by atoms with E-state index in [0.29, 0.717) is 0 Å². The molecule has 0 fully saturated rings. The standard InChI is InChI=1S/C45H26N2O/c1-2-10-31(11-3-1)47-41-15-5-4-12-32(41)36-22-28(16-19-42(36)47)29-17-20-43-37(23-29)38-24-30(18-21-44(38)48-43)40-25-35-33-13-6-8-27-9-7-14-34(45(27)33)39(35)26-46-40/h1-26H. The third-order valence-corrected chi connectivity index (χ3v) is 10.2. The van der Waals surface area contributed by atoms with Gasteiger partial charge in [0.15, 0.2) is 0 Å². The molecule has 11 rings (SSSR count). The molecule has 0 amide bonds. The van der Waals surface area contributed by atoms with Gasteiger partial charge in [0, 0.05) is 44.6 Å². The van der Waals surface area contributed by atoms with Crippen LogP contribution in [0.1, 0.15) is 0 Å². The zero-order chi connectivity index (χ0) is 31.3. The van der Waals surface area contributed by atoms with Crippen molar-refractivity contribution in [3.05, 3.63) is 158 Å². The molecule has 3 nitrogen and oxygen atoms in total. The van der Waals surface area contributed by atoms with Crippen LogP contribution in [0.25, 0.3) is 105 Å². The first-order chi connectivity index (χ1) is 23.8. The van der Waals surface area contributed by atoms with Gasteiger partial charge in [-0.15, -0.1) is 0 Å². The number of benzene rings is 7. The lowest BCUT2D eigenvalue weighted by molar-refractivity contribution is 0.669. The molecule has 1 aliphatic rings. The third kappa shape index (κ3) is 3.56. The highest BCUT2D eigenvalue weighted by Crippen LogP contribution is 2.48. The van der Waals surface area contributed by atoms with Crippen molar-refractivity contribution >= 4 is 54.5 Å². The number of nitrogens with zero attached hydrogens (tertiary/aromatic N) is 2. The maximum atomic E-state index is 6.35. The lowest BCUT2D eigenvalue weighted by Gasteiger charge is -2.08. The molecule has 0 N–H and O–H groups in total. The number of pyridine rings is 1. The molecule has 0 atom stereocenters. The Bertz CT molecular complexity index is 2940. The molecule has 3 aromatic heterocycles. The van der Waals surface area contributed by atoms with Crippen LogP contribution < -0.4 is 0 Å². The number of fused-ring (bicyclic) bond motifs is 9. The lowest BCUT2D eigenvalue weighted by atomic mass is 9.99. The maximum absolute atomic E-state index is 6.35. The van der Waals surface area contributed by atoms with Crippen molar-refractivity contribution in [2.75, 3.05) is 0 Å². The van der Waals surface area contributed by atoms with E-state index in [1.807, 2.05) is 6.20 Å². The van der Waals surface area contributed by atoms with Crippen LogP contribution in [0.2, 0.25) is 0 Å². The molecule has 0 bridgehead atoms. The lowest BCUT2D eigenvalue weighted by Crippen LogP contribution is -1.92. The van der Waals surface area contributed by atoms with Crippen LogP contribution in [-0.4, -0.2) is 9.55 Å². The van der Waals surface area contributed by atoms with E-state index in [1.54, 1.807) is 0 Å². The van der Waals surface area contributed by atoms with Gasteiger partial charge in [0.25, 0.3) is 0 Å². The van der Waals surface area contributed by atoms with Crippen molar-refractivity contribution in [2.24, 2.45) is 0 Å². The molecule has 3 heterocycles. The van der Waals surface area contributed by atoms with Gasteiger partial charge in [-0.3, -0.25) is 4.98 Å². The van der Waals surface area contributed by atoms with Crippen molar-refractivity contribution in [1.29, 1.82) is 0 Å². The Morgan fingerprint density at radius 1 is 0.438 bits per heavy atom. The molecule has 1 aliphatic carbocycles. The van der Waals surface area contributed by atoms with Crippen molar-refractivity contribution in [3.8, 4) is 50.3 Å². The second kappa shape index (κ2) is 9.54. The average Bonchev–Trinajstić information content (AvgIpc) is 3.80. The number of aromatic nitrogens is 2. The second-order valence-electron chi connectivity index (χ2n) is 12.8. The maximum Gasteiger partial charge on any atom is 0.135 e. The molecule has 222 valence electrons. The van der Waals surface area contributed by atoms with Gasteiger partial charge in [-0.2, -0.15) is 0 Å². The summed E-state index contributed by atoms with van der Waals surface area (Å²) in [6, 6.07) is 54.4. The molecule has 3 heteroatoms. The van der Waals surface area contributed by atoms with Gasteiger partial charge in [0.1, 0.15) is 11.2 Å². The first-order valence-corrected chi connectivity index (χ1v) is 16.4. The van der Waals surface area contributed by atoms with Crippen LogP contribution in [0.15, 0.2) is 162 Å². The van der Waals surface area contributed by atoms with Gasteiger partial charge in [-0.25, -0.2) is 0 Å². The van der Waals surface area contributed by atoms with Gasteiger partial charge in [-0.1, -0.05) is 84.9 Å². The zero-order valence-corrected chi connectivity index (χ0v) is 25.8. The zero-order valence-electron chi connectivity index (χ0n) is 25.8. The summed E-state index contributed by atoms with van der Waals surface area (Å²) in [7, 11) is 0. The van der Waals surface area contributed by atoms with Crippen LogP contribution in [0, 0.1) is 0 Å². The summed E-state index contributed by atoms with van der Waals surface area (Å²) in [5.74, 6) is 0. The van der Waals surface area contributed by atoms with Crippen LogP contribution in [0.3, 0.4) is 0 Å². The summed E-state index contributed by atoms with van der Waals surface area (Å²) >= 11 is 0. The Kier molecular flexibility index (Phi) is 5.11. The molecule has 0 saturated carbocycles. The highest BCUT2D eigenvalue weighted by Gasteiger charge is 2.22. The molecule has 0 radical (unpaired) electrons. The van der Waals surface area contributed by atoms with Crippen molar-refractivity contribution in [3.63, 3.8) is 0 Å². The van der Waals surface area contributed by atoms with Crippen LogP contribution in [0.5, 0.6) is 0 Å². The summed E-state index contributed by atoms with van der Waals surface area (Å²) < 4.78 is 8.70. The number of rotatable bonds is 3. The Labute approximate surface area is 275 Å². The van der Waals surface area contributed by atoms with Gasteiger partial charge >= 0.3 is 0 Å². The van der Waals surface area contributed by atoms with E-state index in [0.717, 1.165) is 44.4 Å². The van der Waals surface area contributed by atoms with Gasteiger partial charge in [-0.05, 0) is 105 Å². The average molecular weight is 611 g/mol. The van der Waals surface area contributed by atoms with Gasteiger partial charge in [0.05, 0.1) is 16.7 Å². The predicted octanol–water partition coefficient (Wildman–Crippen LogP) is 12.2. The smallest absolute Gasteiger partial charge is 0.135 e. The first-order valence-electron chi connectivity index (χ1n) is 16.4. The van der Waals surface area contributed by atoms with E-state index in [9.17, 15) is 0 Å². The number of furan rings is 1. The van der Waals surface area contributed by atoms with Gasteiger partial charge in [0.2, 0.25) is 0 Å². The Hall–Kier alpha value is -6.45. The number of hydrogen-bond donors (Lipinski definition) is 0. The minimum absolute atomic E-state index is 0.880. The van der Waals surface area contributed by atoms with Crippen molar-refractivity contribution in [2.45, 2.75) is 0 Å². The fourth-order valence-electron chi connectivity index (χ4n) is 7.96. The molecule has 0 saturated heterocycles. The molecule has 0 aliphatic heterocycles. The van der Waals surface area contributed by atoms with E-state index >= 15 is 0 Å². The highest BCUT2D eigenvalue weighted by molar-refractivity contribution is 6.16. The SMILES string of the molecule is c1ccc(-n2c3ccccc3c3cc(-c4ccc5oc6ccc(-c7cc8c(cn7)-c7cccc9cccc-8c79)cc6c5c4)ccc32)cc1. The van der Waals surface area contributed by atoms with E-state index in [4.69, 9.17) is 9.40 Å². The van der Waals surface area contributed by atoms with E-state index in [1.165, 1.54) is 60.4 Å². The molecule has 7 aromatic carbocycles. The summed E-state index contributed by atoms with van der Waals surface area (Å²) in [6.45, 7) is 0. The Balaban J connectivity index is 1.04. The molecular weight excluding hydrogens is 585 g/mol. The Morgan fingerprint density at radius 2 is 1.08 bits per heavy atom. The van der Waals surface area contributed by atoms with E-state index in [2.05, 4.69) is 156 Å². The molecule has 10 aromatic rings. The fraction of sp³-hybridized carbons (Fsp3) is 0. The molecule has 48 heavy (non-hydrogen) atoms. The quantitative estimate of drug-likeness (QED) is 0.199. The van der Waals surface area contributed by atoms with Crippen molar-refractivity contribution in [1.82, 2.24) is 9.55 Å². The minimum atomic E-state index is 0.880. The van der Waals surface area contributed by atoms with Crippen molar-refractivity contribution < 1.29 is 4.42 Å². The van der Waals surface area contributed by atoms with E-state index in [-0.39, 0.29) is 0 Å². The summed E-state index contributed by atoms with van der Waals surface area (Å²) in [6.07, 6.45) is 2.04. The second-order valence-corrected chi connectivity index (χ2v) is 12.8. The largest absolute Gasteiger partial charge is 0.456 e. The molecule has 0 unspecified atom stereocenters. The highest BCUT2D eigenvalue weighted by atomic mass is 16.3. The topological polar surface area (TPSA) is 31.0 Å². The number of para-hydroxylation sites is 2. The summed E-state index contributed by atoms with van der Waals surface area (Å²) in [5, 5.41) is 7.28. The summed E-state index contributed by atoms with van der Waals surface area (Å²) in [4.78, 5) is 4.97. The monoisotopic (exact) mass is 610 g/mol. The normalized spacial score (nSPS) is 12.2. The third-order valence-electron chi connectivity index (χ3n) is 10.2. The minimum Gasteiger partial charge on any atom is -0.456 e. The summed E-state index contributed by atoms with van der Waals surface area (Å²) in [5.41, 5.74) is 14.7. The fourth-order valence-corrected chi connectivity index (χ4v) is 7.96. The molecular formula is C45H26N2O. The van der Waals surface area contributed by atoms with Gasteiger partial charge < -0.3 is 8.98 Å². The predicted molar refractivity (Wildman–Crippen MR) is 199 cm³/mol. The van der Waals surface area contributed by atoms with Crippen LogP contribution in [0.4, 0.5) is 0 Å².